The summed E-state index contributed by atoms with van der Waals surface area (Å²) in [4.78, 5) is 4.63. The molecule has 0 aliphatic rings. The third-order valence-electron chi connectivity index (χ3n) is 3.51. The van der Waals surface area contributed by atoms with Crippen molar-refractivity contribution in [3.05, 3.63) is 41.1 Å². The molecule has 1 N–H and O–H groups in total. The van der Waals surface area contributed by atoms with Gasteiger partial charge in [0.1, 0.15) is 0 Å². The monoisotopic (exact) mass is 272 g/mol. The van der Waals surface area contributed by atoms with Crippen LogP contribution in [0.2, 0.25) is 0 Å². The second-order valence-corrected chi connectivity index (χ2v) is 5.52. The van der Waals surface area contributed by atoms with E-state index in [1.165, 1.54) is 16.5 Å². The number of benzene rings is 1. The molecule has 2 aromatic rings. The molecule has 0 unspecified atom stereocenters. The van der Waals surface area contributed by atoms with Gasteiger partial charge in [0.2, 0.25) is 0 Å². The Morgan fingerprint density at radius 3 is 2.75 bits per heavy atom. The molecule has 0 amide bonds. The third kappa shape index (κ3) is 3.56. The largest absolute Gasteiger partial charge is 0.383 e. The summed E-state index contributed by atoms with van der Waals surface area (Å²) in [5.41, 5.74) is 4.82. The molecule has 0 bridgehead atoms. The van der Waals surface area contributed by atoms with Gasteiger partial charge in [-0.25, -0.2) is 0 Å². The Balaban J connectivity index is 2.32. The number of rotatable bonds is 6. The summed E-state index contributed by atoms with van der Waals surface area (Å²) < 4.78 is 5.07. The highest BCUT2D eigenvalue weighted by Crippen LogP contribution is 2.23. The van der Waals surface area contributed by atoms with Crippen LogP contribution in [0.4, 0.5) is 0 Å². The predicted octanol–water partition coefficient (Wildman–Crippen LogP) is 3.40. The number of ether oxygens (including phenoxy) is 1. The molecule has 0 saturated carbocycles. The summed E-state index contributed by atoms with van der Waals surface area (Å²) in [6.07, 6.45) is 0. The molecule has 0 atom stereocenters. The number of hydrogen-bond acceptors (Lipinski definition) is 3. The first-order valence-electron chi connectivity index (χ1n) is 7.21. The molecule has 3 heteroatoms. The van der Waals surface area contributed by atoms with E-state index in [0.29, 0.717) is 5.92 Å². The van der Waals surface area contributed by atoms with Crippen LogP contribution in [0.15, 0.2) is 24.3 Å². The summed E-state index contributed by atoms with van der Waals surface area (Å²) in [6, 6.07) is 8.77. The van der Waals surface area contributed by atoms with Crippen LogP contribution in [0, 0.1) is 6.92 Å². The maximum atomic E-state index is 5.07. The van der Waals surface area contributed by atoms with Crippen molar-refractivity contribution in [2.45, 2.75) is 33.2 Å². The Labute approximate surface area is 121 Å². The summed E-state index contributed by atoms with van der Waals surface area (Å²) in [6.45, 7) is 8.94. The highest BCUT2D eigenvalue weighted by Gasteiger charge is 2.07. The van der Waals surface area contributed by atoms with Crippen molar-refractivity contribution in [1.82, 2.24) is 10.3 Å². The van der Waals surface area contributed by atoms with Crippen molar-refractivity contribution in [2.24, 2.45) is 0 Å². The average Bonchev–Trinajstić information content (AvgIpc) is 2.42. The van der Waals surface area contributed by atoms with E-state index < -0.39 is 0 Å². The summed E-state index contributed by atoms with van der Waals surface area (Å²) >= 11 is 0. The molecule has 1 aromatic carbocycles. The van der Waals surface area contributed by atoms with Crippen LogP contribution in [-0.2, 0) is 11.3 Å². The molecule has 20 heavy (non-hydrogen) atoms. The van der Waals surface area contributed by atoms with Gasteiger partial charge in [0.05, 0.1) is 12.1 Å². The lowest BCUT2D eigenvalue weighted by atomic mass is 9.98. The van der Waals surface area contributed by atoms with Crippen molar-refractivity contribution in [1.29, 1.82) is 0 Å². The molecular weight excluding hydrogens is 248 g/mol. The first kappa shape index (κ1) is 14.9. The number of nitrogens with one attached hydrogen (secondary N) is 1. The van der Waals surface area contributed by atoms with Gasteiger partial charge in [-0.1, -0.05) is 19.9 Å². The minimum atomic E-state index is 0.537. The van der Waals surface area contributed by atoms with Crippen LogP contribution < -0.4 is 5.32 Å². The third-order valence-corrected chi connectivity index (χ3v) is 3.51. The fraction of sp³-hybridized carbons (Fsp3) is 0.471. The first-order chi connectivity index (χ1) is 9.61. The zero-order chi connectivity index (χ0) is 14.5. The average molecular weight is 272 g/mol. The van der Waals surface area contributed by atoms with Crippen LogP contribution in [0.5, 0.6) is 0 Å². The summed E-state index contributed by atoms with van der Waals surface area (Å²) in [5.74, 6) is 0.537. The number of hydrogen-bond donors (Lipinski definition) is 1. The van der Waals surface area contributed by atoms with E-state index >= 15 is 0 Å². The molecule has 0 saturated heterocycles. The van der Waals surface area contributed by atoms with E-state index in [-0.39, 0.29) is 0 Å². The van der Waals surface area contributed by atoms with Gasteiger partial charge in [-0.2, -0.15) is 0 Å². The lowest BCUT2D eigenvalue weighted by Gasteiger charge is -2.12. The topological polar surface area (TPSA) is 34.1 Å². The molecule has 1 aromatic heterocycles. The maximum absolute atomic E-state index is 5.07. The van der Waals surface area contributed by atoms with Crippen LogP contribution in [0.25, 0.3) is 10.9 Å². The number of fused-ring (bicyclic) bond motifs is 1. The normalized spacial score (nSPS) is 11.4. The minimum absolute atomic E-state index is 0.537. The van der Waals surface area contributed by atoms with Crippen molar-refractivity contribution in [3.63, 3.8) is 0 Å². The molecule has 0 aliphatic carbocycles. The van der Waals surface area contributed by atoms with E-state index in [9.17, 15) is 0 Å². The molecule has 1 heterocycles. The molecule has 3 nitrogen and oxygen atoms in total. The van der Waals surface area contributed by atoms with Gasteiger partial charge in [0.25, 0.3) is 0 Å². The lowest BCUT2D eigenvalue weighted by Crippen LogP contribution is -2.18. The standard InChI is InChI=1S/C17H24N2O/c1-12(2)14-5-6-17-16(10-14)15(9-13(3)19-17)11-18-7-8-20-4/h5-6,9-10,12,18H,7-8,11H2,1-4H3. The SMILES string of the molecule is COCCNCc1cc(C)nc2ccc(C(C)C)cc12. The van der Waals surface area contributed by atoms with Crippen LogP contribution >= 0.6 is 0 Å². The Morgan fingerprint density at radius 1 is 1.25 bits per heavy atom. The van der Waals surface area contributed by atoms with Gasteiger partial charge in [0, 0.05) is 31.3 Å². The van der Waals surface area contributed by atoms with E-state index in [2.05, 4.69) is 55.3 Å². The van der Waals surface area contributed by atoms with Crippen molar-refractivity contribution in [2.75, 3.05) is 20.3 Å². The second-order valence-electron chi connectivity index (χ2n) is 5.52. The van der Waals surface area contributed by atoms with E-state index in [0.717, 1.165) is 30.9 Å². The van der Waals surface area contributed by atoms with E-state index in [1.54, 1.807) is 7.11 Å². The summed E-state index contributed by atoms with van der Waals surface area (Å²) in [5, 5.41) is 4.67. The van der Waals surface area contributed by atoms with Gasteiger partial charge in [-0.15, -0.1) is 0 Å². The van der Waals surface area contributed by atoms with Crippen LogP contribution in [0.1, 0.15) is 36.6 Å². The number of methoxy groups -OCH3 is 1. The Kier molecular flexibility index (Phi) is 5.10. The number of aromatic nitrogens is 1. The van der Waals surface area contributed by atoms with Crippen molar-refractivity contribution in [3.8, 4) is 0 Å². The minimum Gasteiger partial charge on any atom is -0.383 e. The maximum Gasteiger partial charge on any atom is 0.0708 e. The molecule has 0 spiro atoms. The smallest absolute Gasteiger partial charge is 0.0708 e. The fourth-order valence-corrected chi connectivity index (χ4v) is 2.36. The zero-order valence-corrected chi connectivity index (χ0v) is 12.9. The van der Waals surface area contributed by atoms with E-state index in [4.69, 9.17) is 4.74 Å². The quantitative estimate of drug-likeness (QED) is 0.818. The first-order valence-corrected chi connectivity index (χ1v) is 7.21. The fourth-order valence-electron chi connectivity index (χ4n) is 2.36. The second kappa shape index (κ2) is 6.82. The predicted molar refractivity (Wildman–Crippen MR) is 84.2 cm³/mol. The van der Waals surface area contributed by atoms with Gasteiger partial charge in [-0.3, -0.25) is 4.98 Å². The molecule has 0 fully saturated rings. The van der Waals surface area contributed by atoms with Crippen molar-refractivity contribution < 1.29 is 4.74 Å². The van der Waals surface area contributed by atoms with Crippen LogP contribution in [-0.4, -0.2) is 25.2 Å². The lowest BCUT2D eigenvalue weighted by molar-refractivity contribution is 0.199. The van der Waals surface area contributed by atoms with E-state index in [1.807, 2.05) is 0 Å². The van der Waals surface area contributed by atoms with Crippen LogP contribution in [0.3, 0.4) is 0 Å². The highest BCUT2D eigenvalue weighted by atomic mass is 16.5. The van der Waals surface area contributed by atoms with Gasteiger partial charge >= 0.3 is 0 Å². The van der Waals surface area contributed by atoms with Gasteiger partial charge in [0.15, 0.2) is 0 Å². The number of nitrogens with zero attached hydrogens (tertiary/aromatic N) is 1. The van der Waals surface area contributed by atoms with Gasteiger partial charge in [-0.05, 0) is 42.2 Å². The zero-order valence-electron chi connectivity index (χ0n) is 12.9. The van der Waals surface area contributed by atoms with Crippen molar-refractivity contribution >= 4 is 10.9 Å². The number of pyridine rings is 1. The molecule has 0 aliphatic heterocycles. The summed E-state index contributed by atoms with van der Waals surface area (Å²) in [7, 11) is 1.72. The Morgan fingerprint density at radius 2 is 2.05 bits per heavy atom. The molecule has 108 valence electrons. The Bertz CT molecular complexity index is 578. The Hall–Kier alpha value is -1.45. The molecule has 0 radical (unpaired) electrons. The molecular formula is C17H24N2O. The van der Waals surface area contributed by atoms with Gasteiger partial charge < -0.3 is 10.1 Å². The molecule has 2 rings (SSSR count). The highest BCUT2D eigenvalue weighted by molar-refractivity contribution is 5.83. The number of aryl methyl sites for hydroxylation is 1.